The fourth-order valence-corrected chi connectivity index (χ4v) is 0.742. The Hall–Kier alpha value is -2.28. The van der Waals surface area contributed by atoms with Crippen LogP contribution in [0.25, 0.3) is 0 Å². The van der Waals surface area contributed by atoms with Crippen LogP contribution < -0.4 is 10.2 Å². The number of hydrogen-bond donors (Lipinski definition) is 0. The molecule has 0 bridgehead atoms. The predicted octanol–water partition coefficient (Wildman–Crippen LogP) is -1.34. The van der Waals surface area contributed by atoms with Crippen molar-refractivity contribution in [2.45, 2.75) is 0 Å². The van der Waals surface area contributed by atoms with E-state index in [-0.39, 0.29) is 11.1 Å². The van der Waals surface area contributed by atoms with Crippen molar-refractivity contribution >= 4 is 11.9 Å². The minimum absolute atomic E-state index is 0.0556. The summed E-state index contributed by atoms with van der Waals surface area (Å²) in [5.41, 5.74) is -0.111. The second kappa shape index (κ2) is 5.38. The van der Waals surface area contributed by atoms with Crippen LogP contribution in [0.2, 0.25) is 0 Å². The summed E-state index contributed by atoms with van der Waals surface area (Å²) in [6.07, 6.45) is 8.00. The summed E-state index contributed by atoms with van der Waals surface area (Å²) in [5.74, 6) is -2.67. The Kier molecular flexibility index (Phi) is 4.50. The Balaban J connectivity index is 0.000000791. The van der Waals surface area contributed by atoms with E-state index in [1.807, 2.05) is 0 Å². The summed E-state index contributed by atoms with van der Waals surface area (Å²) in [4.78, 5) is 20.4. The van der Waals surface area contributed by atoms with Crippen molar-refractivity contribution in [1.29, 1.82) is 0 Å². The second-order valence-corrected chi connectivity index (χ2v) is 2.15. The van der Waals surface area contributed by atoms with Crippen molar-refractivity contribution in [2.75, 3.05) is 0 Å². The van der Waals surface area contributed by atoms with Crippen LogP contribution in [0.5, 0.6) is 0 Å². The smallest absolute Gasteiger partial charge is 0.0715 e. The van der Waals surface area contributed by atoms with Gasteiger partial charge in [-0.05, 0) is 11.1 Å². The molecule has 72 valence electrons. The maximum atomic E-state index is 10.2. The van der Waals surface area contributed by atoms with Gasteiger partial charge in [-0.1, -0.05) is 24.3 Å². The molecular weight excluding hydrogens is 184 g/mol. The van der Waals surface area contributed by atoms with E-state index in [4.69, 9.17) is 0 Å². The largest absolute Gasteiger partial charge is 0.545 e. The van der Waals surface area contributed by atoms with Crippen molar-refractivity contribution in [3.05, 3.63) is 35.4 Å². The van der Waals surface area contributed by atoms with E-state index in [1.165, 1.54) is 0 Å². The first-order valence-corrected chi connectivity index (χ1v) is 3.47. The highest BCUT2D eigenvalue weighted by Crippen LogP contribution is 2.01. The Bertz CT molecular complexity index is 315. The van der Waals surface area contributed by atoms with Crippen molar-refractivity contribution in [3.8, 4) is 12.8 Å². The lowest BCUT2D eigenvalue weighted by Gasteiger charge is -2.04. The second-order valence-electron chi connectivity index (χ2n) is 2.15. The summed E-state index contributed by atoms with van der Waals surface area (Å²) in [6, 6.07) is 4.61. The van der Waals surface area contributed by atoms with Gasteiger partial charge in [0.25, 0.3) is 0 Å². The number of carboxylic acids is 2. The van der Waals surface area contributed by atoms with Crippen LogP contribution in [0.15, 0.2) is 24.3 Å². The number of rotatable bonds is 2. The van der Waals surface area contributed by atoms with E-state index in [0.29, 0.717) is 0 Å². The molecule has 0 spiro atoms. The van der Waals surface area contributed by atoms with E-state index in [9.17, 15) is 19.8 Å². The highest BCUT2D eigenvalue weighted by molar-refractivity contribution is 5.89. The zero-order valence-corrected chi connectivity index (χ0v) is 7.10. The molecular formula is C10H6O4-2. The maximum absolute atomic E-state index is 10.2. The van der Waals surface area contributed by atoms with Gasteiger partial charge in [-0.3, -0.25) is 0 Å². The lowest BCUT2D eigenvalue weighted by molar-refractivity contribution is -0.256. The summed E-state index contributed by atoms with van der Waals surface area (Å²) in [6.45, 7) is 0. The lowest BCUT2D eigenvalue weighted by atomic mass is 10.1. The Morgan fingerprint density at radius 1 is 0.857 bits per heavy atom. The molecule has 0 aliphatic heterocycles. The average molecular weight is 190 g/mol. The molecule has 1 aromatic carbocycles. The number of carboxylic acid groups (broad SMARTS) is 2. The van der Waals surface area contributed by atoms with Crippen LogP contribution in [-0.4, -0.2) is 11.9 Å². The molecule has 0 atom stereocenters. The molecule has 0 N–H and O–H groups in total. The molecule has 0 saturated carbocycles. The molecule has 0 aromatic heterocycles. The van der Waals surface area contributed by atoms with E-state index in [1.54, 1.807) is 0 Å². The Morgan fingerprint density at radius 3 is 1.21 bits per heavy atom. The number of aromatic carboxylic acids is 2. The van der Waals surface area contributed by atoms with Gasteiger partial charge in [-0.25, -0.2) is 0 Å². The third kappa shape index (κ3) is 2.99. The molecule has 0 aliphatic rings. The van der Waals surface area contributed by atoms with Crippen LogP contribution in [0.3, 0.4) is 0 Å². The number of carbonyl (C=O) groups is 2. The molecule has 0 radical (unpaired) electrons. The quantitative estimate of drug-likeness (QED) is 0.541. The van der Waals surface area contributed by atoms with Crippen molar-refractivity contribution in [3.63, 3.8) is 0 Å². The van der Waals surface area contributed by atoms with Gasteiger partial charge in [0.15, 0.2) is 0 Å². The fraction of sp³-hybridized carbons (Fsp3) is 0. The molecule has 4 nitrogen and oxygen atoms in total. The molecule has 0 unspecified atom stereocenters. The van der Waals surface area contributed by atoms with Crippen LogP contribution in [0.1, 0.15) is 20.7 Å². The monoisotopic (exact) mass is 190 g/mol. The molecule has 1 aromatic rings. The van der Waals surface area contributed by atoms with Crippen LogP contribution in [-0.2, 0) is 0 Å². The van der Waals surface area contributed by atoms with Gasteiger partial charge in [-0.2, -0.15) is 0 Å². The van der Waals surface area contributed by atoms with Crippen molar-refractivity contribution < 1.29 is 19.8 Å². The van der Waals surface area contributed by atoms with Gasteiger partial charge in [0, 0.05) is 0 Å². The van der Waals surface area contributed by atoms with E-state index >= 15 is 0 Å². The molecule has 0 aliphatic carbocycles. The molecule has 0 fully saturated rings. The van der Waals surface area contributed by atoms with Crippen LogP contribution in [0.4, 0.5) is 0 Å². The molecule has 1 rings (SSSR count). The summed E-state index contributed by atoms with van der Waals surface area (Å²) >= 11 is 0. The van der Waals surface area contributed by atoms with Gasteiger partial charge in [0.2, 0.25) is 0 Å². The maximum Gasteiger partial charge on any atom is 0.0715 e. The third-order valence-corrected chi connectivity index (χ3v) is 1.36. The first-order chi connectivity index (χ1) is 6.61. The topological polar surface area (TPSA) is 80.3 Å². The van der Waals surface area contributed by atoms with E-state index in [2.05, 4.69) is 12.8 Å². The molecule has 0 heterocycles. The van der Waals surface area contributed by atoms with Gasteiger partial charge in [-0.15, -0.1) is 12.8 Å². The third-order valence-electron chi connectivity index (χ3n) is 1.36. The number of carbonyl (C=O) groups excluding carboxylic acids is 2. The zero-order valence-electron chi connectivity index (χ0n) is 7.10. The number of terminal acetylenes is 1. The first-order valence-electron chi connectivity index (χ1n) is 3.47. The SMILES string of the molecule is C#C.O=C([O-])c1ccc(C(=O)[O-])cc1. The predicted molar refractivity (Wildman–Crippen MR) is 45.0 cm³/mol. The summed E-state index contributed by atoms with van der Waals surface area (Å²) in [7, 11) is 0. The van der Waals surface area contributed by atoms with E-state index < -0.39 is 11.9 Å². The molecule has 4 heteroatoms. The number of hydrogen-bond acceptors (Lipinski definition) is 4. The van der Waals surface area contributed by atoms with Gasteiger partial charge >= 0.3 is 0 Å². The van der Waals surface area contributed by atoms with Gasteiger partial charge in [0.1, 0.15) is 0 Å². The first kappa shape index (κ1) is 11.7. The van der Waals surface area contributed by atoms with Gasteiger partial charge < -0.3 is 19.8 Å². The highest BCUT2D eigenvalue weighted by atomic mass is 16.4. The minimum atomic E-state index is -1.33. The summed E-state index contributed by atoms with van der Waals surface area (Å²) < 4.78 is 0. The molecule has 0 saturated heterocycles. The average Bonchev–Trinajstić information content (AvgIpc) is 2.21. The Morgan fingerprint density at radius 2 is 1.07 bits per heavy atom. The minimum Gasteiger partial charge on any atom is -0.545 e. The molecule has 14 heavy (non-hydrogen) atoms. The van der Waals surface area contributed by atoms with Crippen LogP contribution >= 0.6 is 0 Å². The van der Waals surface area contributed by atoms with Gasteiger partial charge in [0.05, 0.1) is 11.9 Å². The standard InChI is InChI=1S/C8H6O4.C2H2/c9-7(10)5-1-2-6(4-3-5)8(11)12;1-2/h1-4H,(H,9,10)(H,11,12);1-2H/p-2. The zero-order chi connectivity index (χ0) is 11.1. The van der Waals surface area contributed by atoms with E-state index in [0.717, 1.165) is 24.3 Å². The lowest BCUT2D eigenvalue weighted by Crippen LogP contribution is -2.24. The van der Waals surface area contributed by atoms with Crippen molar-refractivity contribution in [1.82, 2.24) is 0 Å². The van der Waals surface area contributed by atoms with Crippen molar-refractivity contribution in [2.24, 2.45) is 0 Å². The number of benzene rings is 1. The fourth-order valence-electron chi connectivity index (χ4n) is 0.742. The van der Waals surface area contributed by atoms with Crippen LogP contribution in [0, 0.1) is 12.8 Å². The normalized spacial score (nSPS) is 8.14. The molecule has 0 amide bonds. The Labute approximate surface area is 80.8 Å². The highest BCUT2D eigenvalue weighted by Gasteiger charge is 1.94. The summed E-state index contributed by atoms with van der Waals surface area (Å²) in [5, 5.41) is 20.4.